The maximum Gasteiger partial charge on any atom is 0.322 e. The number of nitrogens with two attached hydrogens (primary N) is 4. The molecule has 0 saturated heterocycles. The second-order valence-electron chi connectivity index (χ2n) is 10.4. The molecule has 0 aliphatic rings. The maximum atomic E-state index is 12.8. The molecule has 13 N–H and O–H groups in total. The van der Waals surface area contributed by atoms with Gasteiger partial charge in [-0.1, -0.05) is 49.7 Å². The van der Waals surface area contributed by atoms with Gasteiger partial charge >= 0.3 is 5.97 Å². The molecule has 0 heterocycles. The van der Waals surface area contributed by atoms with E-state index in [0.717, 1.165) is 36.2 Å². The van der Waals surface area contributed by atoms with Gasteiger partial charge in [-0.3, -0.25) is 24.2 Å². The standard InChI is InChI=1S/C20H30N4O6.C7H8.C4H11N3.C2H7N/c1-12-7-14(26)8-13(2)15(12)9-17(23-11-25)20(30)24-16(5-3-4-6-21)19(29)22-10-18(27)28;1-7-5-3-2-4-6-7;1-2-3-7-4(5)6;1-2-3/h7-8,11,16-17,26H,3-6,9-10,21H2,1-2H3,(H,22,29)(H,23,25)(H,24,30)(H,27,28);2-6H,1H3;2-3H2,1H3,(H4,5,6,7);2-3H2,1H3/t16?,17-;;;/m0.../s1. The minimum absolute atomic E-state index is 0.105. The fourth-order valence-electron chi connectivity index (χ4n) is 3.90. The van der Waals surface area contributed by atoms with Crippen LogP contribution in [0.2, 0.25) is 0 Å². The van der Waals surface area contributed by atoms with Crippen LogP contribution in [0.3, 0.4) is 0 Å². The molecule has 0 spiro atoms. The molecule has 264 valence electrons. The lowest BCUT2D eigenvalue weighted by atomic mass is 9.95. The summed E-state index contributed by atoms with van der Waals surface area (Å²) in [6, 6.07) is 11.5. The Kier molecular flexibility index (Phi) is 26.1. The Bertz CT molecular complexity index is 1180. The number of aliphatic imine (C=N–C) groups is 1. The highest BCUT2D eigenvalue weighted by molar-refractivity contribution is 5.91. The number of benzene rings is 2. The first-order valence-electron chi connectivity index (χ1n) is 15.5. The lowest BCUT2D eigenvalue weighted by Gasteiger charge is -2.23. The van der Waals surface area contributed by atoms with E-state index < -0.39 is 36.4 Å². The Labute approximate surface area is 278 Å². The summed E-state index contributed by atoms with van der Waals surface area (Å²) in [5.41, 5.74) is 24.0. The highest BCUT2D eigenvalue weighted by atomic mass is 16.4. The van der Waals surface area contributed by atoms with Crippen LogP contribution in [0.15, 0.2) is 47.5 Å². The van der Waals surface area contributed by atoms with Gasteiger partial charge in [0.1, 0.15) is 24.4 Å². The Morgan fingerprint density at radius 1 is 0.936 bits per heavy atom. The minimum atomic E-state index is -1.20. The molecule has 0 aliphatic heterocycles. The first-order chi connectivity index (χ1) is 22.3. The molecule has 47 heavy (non-hydrogen) atoms. The van der Waals surface area contributed by atoms with E-state index in [-0.39, 0.29) is 24.6 Å². The number of guanidine groups is 1. The molecule has 0 fully saturated rings. The van der Waals surface area contributed by atoms with Gasteiger partial charge in [-0.2, -0.15) is 0 Å². The molecule has 14 nitrogen and oxygen atoms in total. The van der Waals surface area contributed by atoms with Gasteiger partial charge in [-0.05, 0) is 88.4 Å². The fourth-order valence-corrected chi connectivity index (χ4v) is 3.90. The van der Waals surface area contributed by atoms with Crippen LogP contribution in [-0.4, -0.2) is 78.6 Å². The van der Waals surface area contributed by atoms with E-state index in [4.69, 9.17) is 28.0 Å². The molecular formula is C33H56N8O6. The number of hydrogen-bond donors (Lipinski definition) is 9. The van der Waals surface area contributed by atoms with E-state index in [0.29, 0.717) is 25.8 Å². The van der Waals surface area contributed by atoms with Crippen LogP contribution < -0.4 is 38.9 Å². The van der Waals surface area contributed by atoms with Crippen molar-refractivity contribution in [3.63, 3.8) is 0 Å². The quantitative estimate of drug-likeness (QED) is 0.0569. The largest absolute Gasteiger partial charge is 0.508 e. The first-order valence-corrected chi connectivity index (χ1v) is 15.5. The number of carbonyl (C=O) groups excluding carboxylic acids is 3. The van der Waals surface area contributed by atoms with Gasteiger partial charge in [-0.25, -0.2) is 0 Å². The van der Waals surface area contributed by atoms with Crippen LogP contribution in [0, 0.1) is 20.8 Å². The number of unbranched alkanes of at least 4 members (excludes halogenated alkanes) is 1. The number of hydrogen-bond acceptors (Lipinski definition) is 8. The zero-order chi connectivity index (χ0) is 36.2. The number of amides is 3. The third-order valence-corrected chi connectivity index (χ3v) is 6.13. The molecule has 2 atom stereocenters. The van der Waals surface area contributed by atoms with Crippen molar-refractivity contribution in [1.29, 1.82) is 0 Å². The molecule has 2 rings (SSSR count). The number of nitrogens with one attached hydrogen (secondary N) is 3. The Morgan fingerprint density at radius 3 is 1.91 bits per heavy atom. The number of nitrogens with zero attached hydrogens (tertiary/aromatic N) is 1. The Balaban J connectivity index is 0. The summed E-state index contributed by atoms with van der Waals surface area (Å²) < 4.78 is 0. The average Bonchev–Trinajstić information content (AvgIpc) is 3.00. The van der Waals surface area contributed by atoms with Crippen molar-refractivity contribution in [3.8, 4) is 5.75 Å². The van der Waals surface area contributed by atoms with Crippen molar-refractivity contribution in [2.24, 2.45) is 27.9 Å². The van der Waals surface area contributed by atoms with E-state index in [1.807, 2.05) is 32.0 Å². The number of phenolic OH excluding ortho intramolecular Hbond substituents is 1. The smallest absolute Gasteiger partial charge is 0.322 e. The van der Waals surface area contributed by atoms with Gasteiger partial charge in [-0.15, -0.1) is 0 Å². The van der Waals surface area contributed by atoms with Crippen molar-refractivity contribution in [2.45, 2.75) is 78.8 Å². The van der Waals surface area contributed by atoms with Gasteiger partial charge in [0.25, 0.3) is 0 Å². The fraction of sp³-hybridized carbons (Fsp3) is 0.485. The molecule has 0 bridgehead atoms. The van der Waals surface area contributed by atoms with Crippen molar-refractivity contribution in [3.05, 3.63) is 64.7 Å². The second kappa shape index (κ2) is 27.6. The van der Waals surface area contributed by atoms with E-state index >= 15 is 0 Å². The Hall–Kier alpha value is -4.69. The predicted molar refractivity (Wildman–Crippen MR) is 187 cm³/mol. The topological polar surface area (TPSA) is 261 Å². The average molecular weight is 661 g/mol. The van der Waals surface area contributed by atoms with Crippen LogP contribution in [0.25, 0.3) is 0 Å². The number of phenols is 1. The first kappa shape index (κ1) is 44.4. The molecule has 14 heteroatoms. The number of rotatable bonds is 15. The third kappa shape index (κ3) is 23.3. The van der Waals surface area contributed by atoms with Crippen LogP contribution >= 0.6 is 0 Å². The molecule has 0 radical (unpaired) electrons. The normalized spacial score (nSPS) is 10.9. The molecule has 0 saturated carbocycles. The van der Waals surface area contributed by atoms with Crippen molar-refractivity contribution in [2.75, 3.05) is 26.2 Å². The summed E-state index contributed by atoms with van der Waals surface area (Å²) in [5.74, 6) is -2.11. The van der Waals surface area contributed by atoms with Crippen LogP contribution in [0.4, 0.5) is 0 Å². The van der Waals surface area contributed by atoms with E-state index in [1.165, 1.54) is 5.56 Å². The zero-order valence-electron chi connectivity index (χ0n) is 28.4. The van der Waals surface area contributed by atoms with Gasteiger partial charge in [0, 0.05) is 13.0 Å². The van der Waals surface area contributed by atoms with Gasteiger partial charge in [0.05, 0.1) is 0 Å². The van der Waals surface area contributed by atoms with Crippen molar-refractivity contribution < 1.29 is 29.4 Å². The number of carboxylic acids is 1. The van der Waals surface area contributed by atoms with Crippen LogP contribution in [-0.2, 0) is 25.6 Å². The number of carboxylic acid groups (broad SMARTS) is 1. The van der Waals surface area contributed by atoms with Gasteiger partial charge in [0.15, 0.2) is 5.96 Å². The van der Waals surface area contributed by atoms with Crippen molar-refractivity contribution >= 4 is 30.2 Å². The summed E-state index contributed by atoms with van der Waals surface area (Å²) in [4.78, 5) is 50.6. The predicted octanol–water partition coefficient (Wildman–Crippen LogP) is 1.11. The minimum Gasteiger partial charge on any atom is -0.508 e. The number of aryl methyl sites for hydroxylation is 3. The zero-order valence-corrected chi connectivity index (χ0v) is 28.4. The number of aromatic hydroxyl groups is 1. The van der Waals surface area contributed by atoms with Crippen LogP contribution in [0.5, 0.6) is 5.75 Å². The summed E-state index contributed by atoms with van der Waals surface area (Å²) in [7, 11) is 0. The molecular weight excluding hydrogens is 604 g/mol. The summed E-state index contributed by atoms with van der Waals surface area (Å²) in [6.45, 7) is 10.9. The van der Waals surface area contributed by atoms with Gasteiger partial charge in [0.2, 0.25) is 18.2 Å². The number of carbonyl (C=O) groups is 4. The molecule has 0 aliphatic carbocycles. The lowest BCUT2D eigenvalue weighted by molar-refractivity contribution is -0.138. The second-order valence-corrected chi connectivity index (χ2v) is 10.4. The lowest BCUT2D eigenvalue weighted by Crippen LogP contribution is -2.53. The van der Waals surface area contributed by atoms with Crippen molar-refractivity contribution in [1.82, 2.24) is 16.0 Å². The summed E-state index contributed by atoms with van der Waals surface area (Å²) in [5, 5.41) is 25.8. The molecule has 3 amide bonds. The monoisotopic (exact) mass is 660 g/mol. The van der Waals surface area contributed by atoms with E-state index in [9.17, 15) is 24.3 Å². The molecule has 2 aromatic carbocycles. The SMILES string of the molecule is CCCN=C(N)N.CCN.Cc1cc(O)cc(C)c1C[C@H](NC=O)C(=O)NC(CCCCN)C(=O)NCC(=O)O.Cc1ccccc1. The highest BCUT2D eigenvalue weighted by Gasteiger charge is 2.26. The van der Waals surface area contributed by atoms with E-state index in [1.54, 1.807) is 26.0 Å². The van der Waals surface area contributed by atoms with Gasteiger partial charge < -0.3 is 49.1 Å². The Morgan fingerprint density at radius 2 is 1.51 bits per heavy atom. The maximum absolute atomic E-state index is 12.8. The molecule has 0 aromatic heterocycles. The molecule has 2 aromatic rings. The third-order valence-electron chi connectivity index (χ3n) is 6.13. The number of aliphatic carboxylic acids is 1. The highest BCUT2D eigenvalue weighted by Crippen LogP contribution is 2.22. The summed E-state index contributed by atoms with van der Waals surface area (Å²) in [6.07, 6.45) is 3.04. The molecule has 1 unspecified atom stereocenters. The van der Waals surface area contributed by atoms with Crippen LogP contribution in [0.1, 0.15) is 61.8 Å². The van der Waals surface area contributed by atoms with E-state index in [2.05, 4.69) is 40.0 Å². The summed E-state index contributed by atoms with van der Waals surface area (Å²) >= 11 is 0.